The smallest absolute Gasteiger partial charge is 0.308 e. The molecule has 0 aromatic heterocycles. The molecule has 25 heavy (non-hydrogen) atoms. The second-order valence-corrected chi connectivity index (χ2v) is 6.35. The molecular weight excluding hydrogens is 318 g/mol. The van der Waals surface area contributed by atoms with Gasteiger partial charge in [-0.1, -0.05) is 30.3 Å². The third-order valence-electron chi connectivity index (χ3n) is 4.82. The zero-order chi connectivity index (χ0) is 18.0. The van der Waals surface area contributed by atoms with E-state index in [4.69, 9.17) is 4.74 Å². The van der Waals surface area contributed by atoms with Crippen molar-refractivity contribution in [1.29, 1.82) is 0 Å². The van der Waals surface area contributed by atoms with Crippen molar-refractivity contribution in [3.8, 4) is 5.75 Å². The molecule has 1 aliphatic heterocycles. The minimum Gasteiger partial charge on any atom is -0.497 e. The van der Waals surface area contributed by atoms with Crippen LogP contribution in [0.4, 0.5) is 0 Å². The Labute approximate surface area is 146 Å². The molecule has 130 valence electrons. The Morgan fingerprint density at radius 3 is 2.44 bits per heavy atom. The maximum atomic E-state index is 12.9. The van der Waals surface area contributed by atoms with E-state index in [0.29, 0.717) is 17.9 Å². The lowest BCUT2D eigenvalue weighted by atomic mass is 9.89. The van der Waals surface area contributed by atoms with Crippen molar-refractivity contribution < 1.29 is 19.4 Å². The maximum absolute atomic E-state index is 12.9. The highest BCUT2D eigenvalue weighted by Crippen LogP contribution is 2.34. The molecule has 0 aliphatic carbocycles. The molecule has 1 amide bonds. The van der Waals surface area contributed by atoms with Gasteiger partial charge in [-0.15, -0.1) is 0 Å². The van der Waals surface area contributed by atoms with E-state index in [2.05, 4.69) is 0 Å². The molecule has 2 aromatic carbocycles. The SMILES string of the molecule is COc1ccc(C(=O)N2C[C@H](C(=O)O)[C@H](c3ccccc3)C2)c(C)c1. The Bertz CT molecular complexity index is 788. The van der Waals surface area contributed by atoms with E-state index in [1.165, 1.54) is 0 Å². The van der Waals surface area contributed by atoms with Crippen LogP contribution in [-0.2, 0) is 4.79 Å². The van der Waals surface area contributed by atoms with Crippen molar-refractivity contribution >= 4 is 11.9 Å². The molecule has 0 radical (unpaired) electrons. The van der Waals surface area contributed by atoms with Crippen LogP contribution in [0.25, 0.3) is 0 Å². The fourth-order valence-corrected chi connectivity index (χ4v) is 3.43. The van der Waals surface area contributed by atoms with E-state index < -0.39 is 11.9 Å². The first-order valence-electron chi connectivity index (χ1n) is 8.23. The molecule has 1 aliphatic rings. The lowest BCUT2D eigenvalue weighted by Crippen LogP contribution is -2.30. The number of likely N-dealkylation sites (tertiary alicyclic amines) is 1. The molecule has 0 saturated carbocycles. The fourth-order valence-electron chi connectivity index (χ4n) is 3.43. The first-order chi connectivity index (χ1) is 12.0. The summed E-state index contributed by atoms with van der Waals surface area (Å²) in [5.41, 5.74) is 2.36. The molecule has 0 bridgehead atoms. The maximum Gasteiger partial charge on any atom is 0.308 e. The van der Waals surface area contributed by atoms with Crippen LogP contribution in [0.5, 0.6) is 5.75 Å². The zero-order valence-electron chi connectivity index (χ0n) is 14.3. The molecule has 0 unspecified atom stereocenters. The molecule has 5 nitrogen and oxygen atoms in total. The van der Waals surface area contributed by atoms with E-state index in [-0.39, 0.29) is 18.4 Å². The van der Waals surface area contributed by atoms with E-state index in [9.17, 15) is 14.7 Å². The number of amides is 1. The predicted octanol–water partition coefficient (Wildman–Crippen LogP) is 2.94. The van der Waals surface area contributed by atoms with Gasteiger partial charge < -0.3 is 14.7 Å². The Morgan fingerprint density at radius 2 is 1.84 bits per heavy atom. The van der Waals surface area contributed by atoms with E-state index >= 15 is 0 Å². The van der Waals surface area contributed by atoms with Crippen LogP contribution in [0.1, 0.15) is 27.4 Å². The molecule has 2 aromatic rings. The van der Waals surface area contributed by atoms with Gasteiger partial charge in [-0.2, -0.15) is 0 Å². The molecule has 1 fully saturated rings. The van der Waals surface area contributed by atoms with Crippen LogP contribution in [0, 0.1) is 12.8 Å². The topological polar surface area (TPSA) is 66.8 Å². The molecule has 3 rings (SSSR count). The Balaban J connectivity index is 1.86. The van der Waals surface area contributed by atoms with Crippen LogP contribution in [0.15, 0.2) is 48.5 Å². The molecule has 1 heterocycles. The highest BCUT2D eigenvalue weighted by atomic mass is 16.5. The number of hydrogen-bond donors (Lipinski definition) is 1. The number of carbonyl (C=O) groups is 2. The molecule has 2 atom stereocenters. The summed E-state index contributed by atoms with van der Waals surface area (Å²) < 4.78 is 5.18. The van der Waals surface area contributed by atoms with E-state index in [1.54, 1.807) is 24.1 Å². The summed E-state index contributed by atoms with van der Waals surface area (Å²) in [5, 5.41) is 9.58. The summed E-state index contributed by atoms with van der Waals surface area (Å²) in [6, 6.07) is 14.8. The molecule has 1 saturated heterocycles. The minimum atomic E-state index is -0.865. The molecule has 1 N–H and O–H groups in total. The molecule has 5 heteroatoms. The standard InChI is InChI=1S/C20H21NO4/c1-13-10-15(25-2)8-9-16(13)19(22)21-11-17(18(12-21)20(23)24)14-6-4-3-5-7-14/h3-10,17-18H,11-12H2,1-2H3,(H,23,24)/t17-,18-/m0/s1. The van der Waals surface area contributed by atoms with Crippen LogP contribution in [0.2, 0.25) is 0 Å². The number of carboxylic acids is 1. The van der Waals surface area contributed by atoms with Crippen molar-refractivity contribution in [3.05, 3.63) is 65.2 Å². The summed E-state index contributed by atoms with van der Waals surface area (Å²) >= 11 is 0. The third kappa shape index (κ3) is 3.36. The second-order valence-electron chi connectivity index (χ2n) is 6.35. The van der Waals surface area contributed by atoms with Crippen LogP contribution in [-0.4, -0.2) is 42.1 Å². The first-order valence-corrected chi connectivity index (χ1v) is 8.23. The van der Waals surface area contributed by atoms with Gasteiger partial charge in [-0.25, -0.2) is 0 Å². The van der Waals surface area contributed by atoms with E-state index in [1.807, 2.05) is 43.3 Å². The average molecular weight is 339 g/mol. The highest BCUT2D eigenvalue weighted by Gasteiger charge is 2.40. The van der Waals surface area contributed by atoms with Crippen molar-refractivity contribution in [1.82, 2.24) is 4.90 Å². The van der Waals surface area contributed by atoms with Crippen LogP contribution in [0.3, 0.4) is 0 Å². The van der Waals surface area contributed by atoms with Gasteiger partial charge in [0.2, 0.25) is 0 Å². The quantitative estimate of drug-likeness (QED) is 0.930. The number of benzene rings is 2. The Morgan fingerprint density at radius 1 is 1.12 bits per heavy atom. The normalized spacial score (nSPS) is 19.7. The summed E-state index contributed by atoms with van der Waals surface area (Å²) in [5.74, 6) is -1.09. The second kappa shape index (κ2) is 6.97. The molecular formula is C20H21NO4. The number of hydrogen-bond acceptors (Lipinski definition) is 3. The monoisotopic (exact) mass is 339 g/mol. The van der Waals surface area contributed by atoms with Crippen molar-refractivity contribution in [2.75, 3.05) is 20.2 Å². The van der Waals surface area contributed by atoms with Crippen LogP contribution < -0.4 is 4.74 Å². The third-order valence-corrected chi connectivity index (χ3v) is 4.82. The lowest BCUT2D eigenvalue weighted by molar-refractivity contribution is -0.141. The number of carboxylic acid groups (broad SMARTS) is 1. The van der Waals surface area contributed by atoms with Gasteiger partial charge in [0.25, 0.3) is 5.91 Å². The average Bonchev–Trinajstić information content (AvgIpc) is 3.07. The highest BCUT2D eigenvalue weighted by molar-refractivity contribution is 5.96. The predicted molar refractivity (Wildman–Crippen MR) is 93.9 cm³/mol. The summed E-state index contributed by atoms with van der Waals surface area (Å²) in [7, 11) is 1.58. The number of ether oxygens (including phenoxy) is 1. The van der Waals surface area contributed by atoms with Gasteiger partial charge >= 0.3 is 5.97 Å². The van der Waals surface area contributed by atoms with Crippen LogP contribution >= 0.6 is 0 Å². The number of rotatable bonds is 4. The summed E-state index contributed by atoms with van der Waals surface area (Å²) in [6.45, 7) is 2.49. The zero-order valence-corrected chi connectivity index (χ0v) is 14.3. The largest absolute Gasteiger partial charge is 0.497 e. The summed E-state index contributed by atoms with van der Waals surface area (Å²) in [6.07, 6.45) is 0. The fraction of sp³-hybridized carbons (Fsp3) is 0.300. The van der Waals surface area contributed by atoms with Gasteiger partial charge in [-0.05, 0) is 36.2 Å². The number of aliphatic carboxylic acids is 1. The minimum absolute atomic E-state index is 0.134. The number of carbonyl (C=O) groups excluding carboxylic acids is 1. The number of nitrogens with zero attached hydrogens (tertiary/aromatic N) is 1. The van der Waals surface area contributed by atoms with Crippen molar-refractivity contribution in [2.24, 2.45) is 5.92 Å². The van der Waals surface area contributed by atoms with Gasteiger partial charge in [0.05, 0.1) is 13.0 Å². The van der Waals surface area contributed by atoms with Crippen molar-refractivity contribution in [3.63, 3.8) is 0 Å². The van der Waals surface area contributed by atoms with Gasteiger partial charge in [0.1, 0.15) is 5.75 Å². The Hall–Kier alpha value is -2.82. The number of methoxy groups -OCH3 is 1. The van der Waals surface area contributed by atoms with Crippen molar-refractivity contribution in [2.45, 2.75) is 12.8 Å². The van der Waals surface area contributed by atoms with Gasteiger partial charge in [0.15, 0.2) is 0 Å². The van der Waals surface area contributed by atoms with Gasteiger partial charge in [0, 0.05) is 24.6 Å². The lowest BCUT2D eigenvalue weighted by Gasteiger charge is -2.18. The molecule has 0 spiro atoms. The van der Waals surface area contributed by atoms with Gasteiger partial charge in [-0.3, -0.25) is 9.59 Å². The first kappa shape index (κ1) is 17.0. The summed E-state index contributed by atoms with van der Waals surface area (Å²) in [4.78, 5) is 26.2. The Kier molecular flexibility index (Phi) is 4.74. The van der Waals surface area contributed by atoms with E-state index in [0.717, 1.165) is 11.1 Å². The number of aryl methyl sites for hydroxylation is 1.